The zero-order valence-electron chi connectivity index (χ0n) is 11.0. The Morgan fingerprint density at radius 3 is 2.00 bits per heavy atom. The number of carbonyl (C=O) groups excluding carboxylic acids is 1. The summed E-state index contributed by atoms with van der Waals surface area (Å²) >= 11 is 0. The number of hydrogen-bond donors (Lipinski definition) is 0. The van der Waals surface area contributed by atoms with Crippen molar-refractivity contribution in [2.24, 2.45) is 0 Å². The summed E-state index contributed by atoms with van der Waals surface area (Å²) in [7, 11) is 0. The number of benzene rings is 1. The molecule has 0 atom stereocenters. The molecule has 0 saturated carbocycles. The number of aromatic carboxylic acids is 1. The van der Waals surface area contributed by atoms with Crippen molar-refractivity contribution in [3.05, 3.63) is 23.3 Å². The van der Waals surface area contributed by atoms with Gasteiger partial charge in [-0.25, -0.2) is 0 Å². The summed E-state index contributed by atoms with van der Waals surface area (Å²) in [4.78, 5) is 10.9. The second-order valence-electron chi connectivity index (χ2n) is 4.21. The summed E-state index contributed by atoms with van der Waals surface area (Å²) in [5.41, 5.74) is -0.968. The maximum absolute atomic E-state index is 12.1. The normalized spacial score (nSPS) is 12.1. The van der Waals surface area contributed by atoms with Crippen LogP contribution in [0.3, 0.4) is 0 Å². The van der Waals surface area contributed by atoms with Crippen LogP contribution in [0.25, 0.3) is 0 Å². The van der Waals surface area contributed by atoms with Gasteiger partial charge >= 0.3 is 12.4 Å². The summed E-state index contributed by atoms with van der Waals surface area (Å²) in [6.07, 6.45) is -9.36. The molecule has 1 aromatic rings. The van der Waals surface area contributed by atoms with Crippen LogP contribution >= 0.6 is 0 Å². The van der Waals surface area contributed by atoms with Gasteiger partial charge in [-0.15, -0.1) is 0 Å². The molecule has 0 saturated heterocycles. The number of aryl methyl sites for hydroxylation is 1. The monoisotopic (exact) mass is 331 g/mol. The van der Waals surface area contributed by atoms with E-state index >= 15 is 0 Å². The largest absolute Gasteiger partial charge is 0.545 e. The van der Waals surface area contributed by atoms with Crippen LogP contribution in [0.5, 0.6) is 11.5 Å². The highest BCUT2D eigenvalue weighted by molar-refractivity contribution is 5.90. The van der Waals surface area contributed by atoms with E-state index in [9.17, 15) is 36.2 Å². The maximum atomic E-state index is 12.1. The molecule has 1 rings (SSSR count). The Bertz CT molecular complexity index is 550. The summed E-state index contributed by atoms with van der Waals surface area (Å²) in [5, 5.41) is 10.9. The predicted octanol–water partition coefficient (Wildman–Crippen LogP) is 2.24. The van der Waals surface area contributed by atoms with Crippen LogP contribution in [0, 0.1) is 6.92 Å². The lowest BCUT2D eigenvalue weighted by atomic mass is 10.1. The number of halogens is 6. The van der Waals surface area contributed by atoms with Gasteiger partial charge in [-0.2, -0.15) is 26.3 Å². The maximum Gasteiger partial charge on any atom is 0.422 e. The Morgan fingerprint density at radius 1 is 1.05 bits per heavy atom. The van der Waals surface area contributed by atoms with Gasteiger partial charge < -0.3 is 19.4 Å². The average molecular weight is 331 g/mol. The fourth-order valence-electron chi connectivity index (χ4n) is 1.49. The van der Waals surface area contributed by atoms with E-state index in [1.54, 1.807) is 0 Å². The molecule has 0 N–H and O–H groups in total. The van der Waals surface area contributed by atoms with Gasteiger partial charge in [0.15, 0.2) is 13.2 Å². The van der Waals surface area contributed by atoms with Gasteiger partial charge in [0.05, 0.1) is 5.97 Å². The number of carboxylic acid groups (broad SMARTS) is 1. The molecule has 0 spiro atoms. The first-order valence-corrected chi connectivity index (χ1v) is 5.64. The van der Waals surface area contributed by atoms with Crippen LogP contribution in [0.2, 0.25) is 0 Å². The Morgan fingerprint density at radius 2 is 1.55 bits per heavy atom. The van der Waals surface area contributed by atoms with Crippen molar-refractivity contribution in [2.75, 3.05) is 13.2 Å². The van der Waals surface area contributed by atoms with Gasteiger partial charge in [-0.3, -0.25) is 0 Å². The van der Waals surface area contributed by atoms with E-state index in [-0.39, 0.29) is 5.56 Å². The van der Waals surface area contributed by atoms with Gasteiger partial charge in [0, 0.05) is 5.56 Å². The summed E-state index contributed by atoms with van der Waals surface area (Å²) in [6.45, 7) is -2.27. The third-order valence-corrected chi connectivity index (χ3v) is 2.25. The van der Waals surface area contributed by atoms with Crippen molar-refractivity contribution < 1.29 is 45.7 Å². The molecule has 0 unspecified atom stereocenters. The molecule has 0 fully saturated rings. The van der Waals surface area contributed by atoms with Crippen molar-refractivity contribution in [3.63, 3.8) is 0 Å². The smallest absolute Gasteiger partial charge is 0.422 e. The highest BCUT2D eigenvalue weighted by Crippen LogP contribution is 2.31. The van der Waals surface area contributed by atoms with Crippen LogP contribution in [-0.2, 0) is 0 Å². The number of carboxylic acids is 1. The number of hydrogen-bond acceptors (Lipinski definition) is 4. The molecule has 0 aliphatic heterocycles. The SMILES string of the molecule is Cc1cc(OCC(F)(F)F)cc(C(=O)[O-])c1OCC(F)(F)F. The Kier molecular flexibility index (Phi) is 5.15. The average Bonchev–Trinajstić information content (AvgIpc) is 2.32. The van der Waals surface area contributed by atoms with E-state index in [1.807, 2.05) is 0 Å². The van der Waals surface area contributed by atoms with Crippen molar-refractivity contribution in [1.29, 1.82) is 0 Å². The molecular formula is C12H9F6O4-. The first-order valence-electron chi connectivity index (χ1n) is 5.64. The summed E-state index contributed by atoms with van der Waals surface area (Å²) < 4.78 is 81.1. The third-order valence-electron chi connectivity index (χ3n) is 2.25. The van der Waals surface area contributed by atoms with Gasteiger partial charge in [-0.1, -0.05) is 0 Å². The zero-order valence-corrected chi connectivity index (χ0v) is 11.0. The molecular weight excluding hydrogens is 322 g/mol. The second-order valence-corrected chi connectivity index (χ2v) is 4.21. The minimum Gasteiger partial charge on any atom is -0.545 e. The molecule has 22 heavy (non-hydrogen) atoms. The first-order chi connectivity index (χ1) is 9.89. The lowest BCUT2D eigenvalue weighted by molar-refractivity contribution is -0.255. The predicted molar refractivity (Wildman–Crippen MR) is 58.6 cm³/mol. The molecule has 4 nitrogen and oxygen atoms in total. The quantitative estimate of drug-likeness (QED) is 0.777. The molecule has 10 heteroatoms. The number of carbonyl (C=O) groups is 1. The van der Waals surface area contributed by atoms with Gasteiger partial charge in [0.1, 0.15) is 11.5 Å². The van der Waals surface area contributed by atoms with Crippen LogP contribution in [-0.4, -0.2) is 31.5 Å². The highest BCUT2D eigenvalue weighted by atomic mass is 19.4. The van der Waals surface area contributed by atoms with Crippen molar-refractivity contribution in [1.82, 2.24) is 0 Å². The molecule has 0 aliphatic rings. The van der Waals surface area contributed by atoms with E-state index in [2.05, 4.69) is 9.47 Å². The standard InChI is InChI=1S/C12H10F6O4/c1-6-2-7(21-4-11(13,14)15)3-8(10(19)20)9(6)22-5-12(16,17)18/h2-3H,4-5H2,1H3,(H,19,20)/p-1. The molecule has 124 valence electrons. The summed E-state index contributed by atoms with van der Waals surface area (Å²) in [6, 6.07) is 1.55. The third kappa shape index (κ3) is 5.70. The molecule has 0 radical (unpaired) electrons. The molecule has 0 bridgehead atoms. The van der Waals surface area contributed by atoms with Crippen molar-refractivity contribution >= 4 is 5.97 Å². The lowest BCUT2D eigenvalue weighted by Crippen LogP contribution is -2.26. The van der Waals surface area contributed by atoms with Crippen LogP contribution in [0.4, 0.5) is 26.3 Å². The van der Waals surface area contributed by atoms with Gasteiger partial charge in [0.25, 0.3) is 0 Å². The Labute approximate surface area is 120 Å². The molecule has 0 aromatic heterocycles. The van der Waals surface area contributed by atoms with E-state index in [0.29, 0.717) is 6.07 Å². The molecule has 0 heterocycles. The molecule has 1 aromatic carbocycles. The fraction of sp³-hybridized carbons (Fsp3) is 0.417. The Balaban J connectivity index is 3.06. The van der Waals surface area contributed by atoms with Crippen molar-refractivity contribution in [3.8, 4) is 11.5 Å². The fourth-order valence-corrected chi connectivity index (χ4v) is 1.49. The van der Waals surface area contributed by atoms with Gasteiger partial charge in [0.2, 0.25) is 0 Å². The van der Waals surface area contributed by atoms with E-state index in [1.165, 1.54) is 6.92 Å². The van der Waals surface area contributed by atoms with Crippen LogP contribution in [0.15, 0.2) is 12.1 Å². The number of ether oxygens (including phenoxy) is 2. The van der Waals surface area contributed by atoms with E-state index < -0.39 is 48.6 Å². The van der Waals surface area contributed by atoms with Crippen LogP contribution in [0.1, 0.15) is 15.9 Å². The first kappa shape index (κ1) is 17.9. The van der Waals surface area contributed by atoms with E-state index in [4.69, 9.17) is 0 Å². The van der Waals surface area contributed by atoms with E-state index in [0.717, 1.165) is 6.07 Å². The number of rotatable bonds is 5. The summed E-state index contributed by atoms with van der Waals surface area (Å²) in [5.74, 6) is -3.03. The van der Waals surface area contributed by atoms with Crippen molar-refractivity contribution in [2.45, 2.75) is 19.3 Å². The molecule has 0 amide bonds. The topological polar surface area (TPSA) is 58.6 Å². The highest BCUT2D eigenvalue weighted by Gasteiger charge is 2.30. The minimum atomic E-state index is -4.71. The Hall–Kier alpha value is -2.13. The lowest BCUT2D eigenvalue weighted by Gasteiger charge is -2.18. The van der Waals surface area contributed by atoms with Gasteiger partial charge in [-0.05, 0) is 24.6 Å². The zero-order chi connectivity index (χ0) is 17.1. The van der Waals surface area contributed by atoms with Crippen LogP contribution < -0.4 is 14.6 Å². The number of alkyl halides is 6. The second kappa shape index (κ2) is 6.32. The minimum absolute atomic E-state index is 0.136. The molecule has 0 aliphatic carbocycles.